The molecular weight excluding hydrogens is 216 g/mol. The molecule has 0 aromatic heterocycles. The molecule has 82 valence electrons. The van der Waals surface area contributed by atoms with Gasteiger partial charge in [0.15, 0.2) is 0 Å². The summed E-state index contributed by atoms with van der Waals surface area (Å²) < 4.78 is 11.2. The molecular formula is C11H13ClO3. The van der Waals surface area contributed by atoms with Gasteiger partial charge in [-0.25, -0.2) is 0 Å². The zero-order chi connectivity index (χ0) is 11.1. The highest BCUT2D eigenvalue weighted by Crippen LogP contribution is 2.42. The topological polar surface area (TPSA) is 38.7 Å². The van der Waals surface area contributed by atoms with Crippen LogP contribution in [0.3, 0.4) is 0 Å². The van der Waals surface area contributed by atoms with Crippen molar-refractivity contribution in [1.29, 1.82) is 0 Å². The Kier molecular flexibility index (Phi) is 2.63. The number of fused-ring (bicyclic) bond motifs is 1. The summed E-state index contributed by atoms with van der Waals surface area (Å²) in [6.07, 6.45) is -0.373. The van der Waals surface area contributed by atoms with E-state index in [9.17, 15) is 5.11 Å². The molecule has 0 saturated carbocycles. The van der Waals surface area contributed by atoms with Crippen molar-refractivity contribution in [3.63, 3.8) is 0 Å². The first kappa shape index (κ1) is 10.7. The highest BCUT2D eigenvalue weighted by Gasteiger charge is 2.34. The number of ether oxygens (including phenoxy) is 2. The van der Waals surface area contributed by atoms with E-state index < -0.39 is 5.79 Å². The van der Waals surface area contributed by atoms with Crippen LogP contribution in [0.15, 0.2) is 18.2 Å². The quantitative estimate of drug-likeness (QED) is 0.803. The van der Waals surface area contributed by atoms with Gasteiger partial charge in [0, 0.05) is 19.4 Å². The second kappa shape index (κ2) is 3.67. The van der Waals surface area contributed by atoms with E-state index in [1.54, 1.807) is 19.9 Å². The number of aliphatic hydroxyl groups is 1. The van der Waals surface area contributed by atoms with E-state index in [1.807, 2.05) is 12.1 Å². The summed E-state index contributed by atoms with van der Waals surface area (Å²) in [6.45, 7) is 3.50. The predicted molar refractivity (Wildman–Crippen MR) is 57.1 cm³/mol. The lowest BCUT2D eigenvalue weighted by Gasteiger charge is -2.37. The van der Waals surface area contributed by atoms with Crippen LogP contribution < -0.4 is 4.74 Å². The maximum Gasteiger partial charge on any atom is 0.205 e. The summed E-state index contributed by atoms with van der Waals surface area (Å²) in [6, 6.07) is 5.42. The second-order valence-electron chi connectivity index (χ2n) is 3.95. The van der Waals surface area contributed by atoms with Gasteiger partial charge in [-0.1, -0.05) is 23.7 Å². The first-order valence-electron chi connectivity index (χ1n) is 4.79. The van der Waals surface area contributed by atoms with E-state index in [0.717, 1.165) is 5.56 Å². The van der Waals surface area contributed by atoms with Crippen LogP contribution in [-0.2, 0) is 4.74 Å². The monoisotopic (exact) mass is 228 g/mol. The number of hydrogen-bond donors (Lipinski definition) is 1. The van der Waals surface area contributed by atoms with Gasteiger partial charge in [-0.05, 0) is 6.07 Å². The lowest BCUT2D eigenvalue weighted by Crippen LogP contribution is -2.38. The van der Waals surface area contributed by atoms with Crippen LogP contribution in [0.5, 0.6) is 5.75 Å². The van der Waals surface area contributed by atoms with Gasteiger partial charge >= 0.3 is 0 Å². The zero-order valence-electron chi connectivity index (χ0n) is 8.66. The molecule has 1 unspecified atom stereocenters. The van der Waals surface area contributed by atoms with Gasteiger partial charge in [0.25, 0.3) is 0 Å². The largest absolute Gasteiger partial charge is 0.461 e. The fourth-order valence-corrected chi connectivity index (χ4v) is 1.92. The number of rotatable bonds is 1. The van der Waals surface area contributed by atoms with Gasteiger partial charge < -0.3 is 14.6 Å². The lowest BCUT2D eigenvalue weighted by molar-refractivity contribution is -0.214. The van der Waals surface area contributed by atoms with Crippen LogP contribution in [-0.4, -0.2) is 17.5 Å². The Morgan fingerprint density at radius 1 is 1.47 bits per heavy atom. The molecule has 1 heterocycles. The molecule has 1 aromatic carbocycles. The van der Waals surface area contributed by atoms with Crippen LogP contribution >= 0.6 is 11.6 Å². The molecule has 1 aliphatic rings. The Balaban J connectivity index is 2.49. The first-order chi connectivity index (χ1) is 7.03. The van der Waals surface area contributed by atoms with Crippen molar-refractivity contribution in [3.8, 4) is 5.75 Å². The van der Waals surface area contributed by atoms with Crippen LogP contribution in [0, 0.1) is 0 Å². The highest BCUT2D eigenvalue weighted by atomic mass is 35.5. The van der Waals surface area contributed by atoms with Crippen molar-refractivity contribution < 1.29 is 14.6 Å². The Hall–Kier alpha value is -0.770. The zero-order valence-corrected chi connectivity index (χ0v) is 9.41. The number of halogens is 1. The molecule has 0 saturated heterocycles. The molecule has 0 spiro atoms. The summed E-state index contributed by atoms with van der Waals surface area (Å²) in [5, 5.41) is 9.78. The number of para-hydroxylation sites is 1. The Morgan fingerprint density at radius 3 is 2.87 bits per heavy atom. The molecule has 0 fully saturated rings. The van der Waals surface area contributed by atoms with E-state index >= 15 is 0 Å². The molecule has 2 rings (SSSR count). The van der Waals surface area contributed by atoms with Crippen molar-refractivity contribution in [3.05, 3.63) is 28.8 Å². The average molecular weight is 229 g/mol. The predicted octanol–water partition coefficient (Wildman–Crippen LogP) is 2.52. The summed E-state index contributed by atoms with van der Waals surface area (Å²) in [4.78, 5) is 0. The van der Waals surface area contributed by atoms with E-state index in [2.05, 4.69) is 0 Å². The van der Waals surface area contributed by atoms with E-state index in [-0.39, 0.29) is 12.7 Å². The molecule has 15 heavy (non-hydrogen) atoms. The Morgan fingerprint density at radius 2 is 2.20 bits per heavy atom. The van der Waals surface area contributed by atoms with Gasteiger partial charge in [-0.2, -0.15) is 0 Å². The van der Waals surface area contributed by atoms with E-state index in [4.69, 9.17) is 21.1 Å². The fourth-order valence-electron chi connectivity index (χ4n) is 1.70. The fraction of sp³-hybridized carbons (Fsp3) is 0.455. The number of aliphatic hydroxyl groups excluding tert-OH is 1. The van der Waals surface area contributed by atoms with Crippen molar-refractivity contribution in [2.45, 2.75) is 25.7 Å². The molecule has 3 nitrogen and oxygen atoms in total. The maximum atomic E-state index is 9.24. The van der Waals surface area contributed by atoms with Crippen molar-refractivity contribution >= 4 is 11.6 Å². The van der Waals surface area contributed by atoms with Crippen LogP contribution in [0.4, 0.5) is 0 Å². The van der Waals surface area contributed by atoms with Gasteiger partial charge in [0.05, 0.1) is 11.6 Å². The third-order valence-electron chi connectivity index (χ3n) is 2.28. The average Bonchev–Trinajstić information content (AvgIpc) is 2.17. The lowest BCUT2D eigenvalue weighted by atomic mass is 10.1. The highest BCUT2D eigenvalue weighted by molar-refractivity contribution is 6.32. The standard InChI is InChI=1S/C11H13ClO3/c1-11(2)14-9(6-13)7-4-3-5-8(12)10(7)15-11/h3-5,9,13H,6H2,1-2H3. The van der Waals surface area contributed by atoms with E-state index in [1.165, 1.54) is 0 Å². The third-order valence-corrected chi connectivity index (χ3v) is 2.58. The van der Waals surface area contributed by atoms with Crippen LogP contribution in [0.2, 0.25) is 5.02 Å². The summed E-state index contributed by atoms with van der Waals surface area (Å²) >= 11 is 6.03. The van der Waals surface area contributed by atoms with Gasteiger partial charge in [0.2, 0.25) is 5.79 Å². The van der Waals surface area contributed by atoms with Gasteiger partial charge in [0.1, 0.15) is 11.9 Å². The summed E-state index contributed by atoms with van der Waals surface area (Å²) in [5.74, 6) is -0.153. The Bertz CT molecular complexity index is 376. The summed E-state index contributed by atoms with van der Waals surface area (Å²) in [5.41, 5.74) is 0.796. The minimum atomic E-state index is -0.759. The third kappa shape index (κ3) is 1.95. The van der Waals surface area contributed by atoms with Crippen molar-refractivity contribution in [2.24, 2.45) is 0 Å². The molecule has 1 aromatic rings. The Labute approximate surface area is 93.6 Å². The SMILES string of the molecule is CC1(C)Oc2c(Cl)cccc2C(CO)O1. The normalized spacial score (nSPS) is 23.1. The molecule has 4 heteroatoms. The molecule has 0 bridgehead atoms. The first-order valence-corrected chi connectivity index (χ1v) is 5.17. The minimum absolute atomic E-state index is 0.0832. The molecule has 1 atom stereocenters. The number of benzene rings is 1. The molecule has 0 aliphatic carbocycles. The van der Waals surface area contributed by atoms with Crippen LogP contribution in [0.1, 0.15) is 25.5 Å². The summed E-state index contributed by atoms with van der Waals surface area (Å²) in [7, 11) is 0. The maximum absolute atomic E-state index is 9.24. The van der Waals surface area contributed by atoms with Gasteiger partial charge in [-0.15, -0.1) is 0 Å². The molecule has 0 radical (unpaired) electrons. The van der Waals surface area contributed by atoms with Crippen molar-refractivity contribution in [1.82, 2.24) is 0 Å². The molecule has 1 aliphatic heterocycles. The minimum Gasteiger partial charge on any atom is -0.461 e. The smallest absolute Gasteiger partial charge is 0.205 e. The van der Waals surface area contributed by atoms with Crippen molar-refractivity contribution in [2.75, 3.05) is 6.61 Å². The van der Waals surface area contributed by atoms with E-state index in [0.29, 0.717) is 10.8 Å². The number of hydrogen-bond acceptors (Lipinski definition) is 3. The molecule has 0 amide bonds. The second-order valence-corrected chi connectivity index (χ2v) is 4.36. The molecule has 1 N–H and O–H groups in total. The van der Waals surface area contributed by atoms with Gasteiger partial charge in [-0.3, -0.25) is 0 Å². The van der Waals surface area contributed by atoms with Crippen LogP contribution in [0.25, 0.3) is 0 Å².